The van der Waals surface area contributed by atoms with Crippen molar-refractivity contribution >= 4 is 41.4 Å². The molecule has 0 radical (unpaired) electrons. The third kappa shape index (κ3) is 8.28. The summed E-state index contributed by atoms with van der Waals surface area (Å²) in [5, 5.41) is 22.3. The fourth-order valence-electron chi connectivity index (χ4n) is 2.98. The Bertz CT molecular complexity index is 631. The average Bonchev–Trinajstić information content (AvgIpc) is 3.16. The van der Waals surface area contributed by atoms with Crippen molar-refractivity contribution < 1.29 is 34.2 Å². The lowest BCUT2D eigenvalue weighted by Crippen LogP contribution is -2.55. The number of nitrogens with one attached hydrogen (secondary N) is 2. The number of nitrogens with two attached hydrogens (primary N) is 1. The van der Waals surface area contributed by atoms with Crippen LogP contribution in [0.15, 0.2) is 0 Å². The molecule has 0 aliphatic carbocycles. The van der Waals surface area contributed by atoms with E-state index in [0.29, 0.717) is 31.6 Å². The number of carbonyl (C=O) groups is 5. The Morgan fingerprint density at radius 3 is 2.45 bits per heavy atom. The van der Waals surface area contributed by atoms with Gasteiger partial charge in [-0.15, -0.1) is 0 Å². The highest BCUT2D eigenvalue weighted by Gasteiger charge is 2.37. The number of amides is 3. The fourth-order valence-corrected chi connectivity index (χ4v) is 3.45. The van der Waals surface area contributed by atoms with Gasteiger partial charge in [0.1, 0.15) is 18.6 Å². The smallest absolute Gasteiger partial charge is 0.322 e. The third-order valence-electron chi connectivity index (χ3n) is 4.48. The molecule has 3 unspecified atom stereocenters. The summed E-state index contributed by atoms with van der Waals surface area (Å²) in [7, 11) is 0. The molecule has 164 valence electrons. The molecule has 1 rings (SSSR count). The molecule has 3 amide bonds. The molecule has 0 saturated carbocycles. The van der Waals surface area contributed by atoms with Crippen molar-refractivity contribution in [1.29, 1.82) is 0 Å². The lowest BCUT2D eigenvalue weighted by atomic mass is 10.1. The van der Waals surface area contributed by atoms with E-state index in [1.54, 1.807) is 0 Å². The van der Waals surface area contributed by atoms with E-state index < -0.39 is 54.3 Å². The quantitative estimate of drug-likeness (QED) is 0.248. The van der Waals surface area contributed by atoms with Crippen LogP contribution in [0.25, 0.3) is 0 Å². The average molecular weight is 432 g/mol. The van der Waals surface area contributed by atoms with Crippen LogP contribution in [0, 0.1) is 0 Å². The molecule has 0 spiro atoms. The minimum Gasteiger partial charge on any atom is -0.481 e. The number of rotatable bonds is 12. The third-order valence-corrected chi connectivity index (χ3v) is 5.13. The molecule has 3 atom stereocenters. The molecule has 1 aliphatic heterocycles. The molecule has 29 heavy (non-hydrogen) atoms. The molecule has 6 N–H and O–H groups in total. The first kappa shape index (κ1) is 24.7. The summed E-state index contributed by atoms with van der Waals surface area (Å²) in [6.45, 7) is -0.241. The first-order valence-corrected chi connectivity index (χ1v) is 10.6. The van der Waals surface area contributed by atoms with E-state index in [9.17, 15) is 24.0 Å². The molecule has 1 aliphatic rings. The molecule has 1 saturated heterocycles. The highest BCUT2D eigenvalue weighted by molar-refractivity contribution is 7.98. The highest BCUT2D eigenvalue weighted by atomic mass is 32.2. The molecule has 1 heterocycles. The summed E-state index contributed by atoms with van der Waals surface area (Å²) >= 11 is 1.47. The maximum absolute atomic E-state index is 12.7. The van der Waals surface area contributed by atoms with E-state index in [4.69, 9.17) is 15.9 Å². The number of carbonyl (C=O) groups excluding carboxylic acids is 3. The number of carboxylic acids is 2. The second-order valence-electron chi connectivity index (χ2n) is 6.68. The number of aliphatic carboxylic acids is 2. The standard InChI is InChI=1S/C17H28N4O7S/c1-29-8-6-11(15(26)19-9-14(24)25)20-16(27)12-3-2-7-21(12)17(28)10(18)4-5-13(22)23/h10-12H,2-9,18H2,1H3,(H,19,26)(H,20,27)(H,22,23)(H,24,25). The number of likely N-dealkylation sites (tertiary alicyclic amines) is 1. The van der Waals surface area contributed by atoms with Gasteiger partial charge >= 0.3 is 11.9 Å². The zero-order valence-corrected chi connectivity index (χ0v) is 17.1. The molecule has 12 heteroatoms. The Morgan fingerprint density at radius 1 is 1.17 bits per heavy atom. The van der Waals surface area contributed by atoms with Crippen LogP contribution in [-0.4, -0.2) is 88.0 Å². The van der Waals surface area contributed by atoms with E-state index >= 15 is 0 Å². The van der Waals surface area contributed by atoms with Crippen molar-refractivity contribution in [2.75, 3.05) is 25.1 Å². The van der Waals surface area contributed by atoms with Gasteiger partial charge in [0.2, 0.25) is 17.7 Å². The van der Waals surface area contributed by atoms with Gasteiger partial charge in [0, 0.05) is 13.0 Å². The zero-order chi connectivity index (χ0) is 22.0. The lowest BCUT2D eigenvalue weighted by Gasteiger charge is -2.28. The molecule has 11 nitrogen and oxygen atoms in total. The monoisotopic (exact) mass is 432 g/mol. The van der Waals surface area contributed by atoms with Crippen molar-refractivity contribution in [1.82, 2.24) is 15.5 Å². The van der Waals surface area contributed by atoms with Crippen LogP contribution in [0.5, 0.6) is 0 Å². The Morgan fingerprint density at radius 2 is 1.86 bits per heavy atom. The van der Waals surface area contributed by atoms with Gasteiger partial charge in [0.05, 0.1) is 6.04 Å². The van der Waals surface area contributed by atoms with Crippen LogP contribution in [-0.2, 0) is 24.0 Å². The predicted molar refractivity (Wildman–Crippen MR) is 105 cm³/mol. The molecular weight excluding hydrogens is 404 g/mol. The van der Waals surface area contributed by atoms with Crippen molar-refractivity contribution in [3.05, 3.63) is 0 Å². The Balaban J connectivity index is 2.75. The van der Waals surface area contributed by atoms with Gasteiger partial charge in [-0.25, -0.2) is 0 Å². The van der Waals surface area contributed by atoms with E-state index in [2.05, 4.69) is 10.6 Å². The summed E-state index contributed by atoms with van der Waals surface area (Å²) in [6, 6.07) is -2.75. The number of hydrogen-bond acceptors (Lipinski definition) is 7. The second-order valence-corrected chi connectivity index (χ2v) is 7.67. The molecule has 0 aromatic rings. The lowest BCUT2D eigenvalue weighted by molar-refractivity contribution is -0.142. The topological polar surface area (TPSA) is 179 Å². The summed E-state index contributed by atoms with van der Waals surface area (Å²) in [5.74, 6) is -3.32. The van der Waals surface area contributed by atoms with Crippen LogP contribution < -0.4 is 16.4 Å². The van der Waals surface area contributed by atoms with Crippen LogP contribution in [0.2, 0.25) is 0 Å². The Kier molecular flexibility index (Phi) is 10.5. The van der Waals surface area contributed by atoms with Gasteiger partial charge in [-0.1, -0.05) is 0 Å². The van der Waals surface area contributed by atoms with Crippen LogP contribution >= 0.6 is 11.8 Å². The predicted octanol–water partition coefficient (Wildman–Crippen LogP) is -1.39. The number of thioether (sulfide) groups is 1. The Labute approximate surface area is 172 Å². The van der Waals surface area contributed by atoms with Gasteiger partial charge in [-0.3, -0.25) is 24.0 Å². The van der Waals surface area contributed by atoms with Gasteiger partial charge < -0.3 is 31.5 Å². The fraction of sp³-hybridized carbons (Fsp3) is 0.706. The van der Waals surface area contributed by atoms with E-state index in [0.717, 1.165) is 0 Å². The van der Waals surface area contributed by atoms with E-state index in [1.807, 2.05) is 6.26 Å². The van der Waals surface area contributed by atoms with Gasteiger partial charge in [-0.05, 0) is 37.7 Å². The first-order valence-electron chi connectivity index (χ1n) is 9.24. The highest BCUT2D eigenvalue weighted by Crippen LogP contribution is 2.19. The minimum absolute atomic E-state index is 0.0348. The second kappa shape index (κ2) is 12.3. The first-order chi connectivity index (χ1) is 13.7. The number of carboxylic acid groups (broad SMARTS) is 2. The van der Waals surface area contributed by atoms with Crippen molar-refractivity contribution in [2.45, 2.75) is 50.2 Å². The van der Waals surface area contributed by atoms with Crippen molar-refractivity contribution in [2.24, 2.45) is 5.73 Å². The molecule has 1 fully saturated rings. The van der Waals surface area contributed by atoms with Gasteiger partial charge in [-0.2, -0.15) is 11.8 Å². The SMILES string of the molecule is CSCCC(NC(=O)C1CCCN1C(=O)C(N)CCC(=O)O)C(=O)NCC(=O)O. The minimum atomic E-state index is -1.20. The summed E-state index contributed by atoms with van der Waals surface area (Å²) in [4.78, 5) is 60.1. The summed E-state index contributed by atoms with van der Waals surface area (Å²) in [6.07, 6.45) is 2.83. The maximum Gasteiger partial charge on any atom is 0.322 e. The van der Waals surface area contributed by atoms with Crippen LogP contribution in [0.1, 0.15) is 32.1 Å². The molecule has 0 bridgehead atoms. The van der Waals surface area contributed by atoms with Crippen molar-refractivity contribution in [3.8, 4) is 0 Å². The molecule has 0 aromatic heterocycles. The summed E-state index contributed by atoms with van der Waals surface area (Å²) in [5.41, 5.74) is 5.78. The maximum atomic E-state index is 12.7. The van der Waals surface area contributed by atoms with E-state index in [1.165, 1.54) is 16.7 Å². The van der Waals surface area contributed by atoms with Crippen LogP contribution in [0.3, 0.4) is 0 Å². The summed E-state index contributed by atoms with van der Waals surface area (Å²) < 4.78 is 0. The Hall–Kier alpha value is -2.34. The van der Waals surface area contributed by atoms with Crippen molar-refractivity contribution in [3.63, 3.8) is 0 Å². The van der Waals surface area contributed by atoms with Gasteiger partial charge in [0.15, 0.2) is 0 Å². The largest absolute Gasteiger partial charge is 0.481 e. The van der Waals surface area contributed by atoms with Gasteiger partial charge in [0.25, 0.3) is 0 Å². The number of hydrogen-bond donors (Lipinski definition) is 5. The number of nitrogens with zero attached hydrogens (tertiary/aromatic N) is 1. The zero-order valence-electron chi connectivity index (χ0n) is 16.3. The van der Waals surface area contributed by atoms with Crippen LogP contribution in [0.4, 0.5) is 0 Å². The normalized spacial score (nSPS) is 18.0. The molecule has 0 aromatic carbocycles. The van der Waals surface area contributed by atoms with E-state index in [-0.39, 0.29) is 12.8 Å². The molecular formula is C17H28N4O7S.